The van der Waals surface area contributed by atoms with Gasteiger partial charge in [-0.15, -0.1) is 0 Å². The fourth-order valence-electron chi connectivity index (χ4n) is 1.98. The van der Waals surface area contributed by atoms with E-state index in [4.69, 9.17) is 5.73 Å². The van der Waals surface area contributed by atoms with Crippen LogP contribution in [0.3, 0.4) is 0 Å². The van der Waals surface area contributed by atoms with Gasteiger partial charge in [-0.3, -0.25) is 4.68 Å². The van der Waals surface area contributed by atoms with Gasteiger partial charge >= 0.3 is 0 Å². The number of rotatable bonds is 1. The fraction of sp³-hybridized carbons (Fsp3) is 0.167. The summed E-state index contributed by atoms with van der Waals surface area (Å²) in [4.78, 5) is 7.78. The average Bonchev–Trinajstić information content (AvgIpc) is 2.80. The third-order valence-corrected chi connectivity index (χ3v) is 2.75. The lowest BCUT2D eigenvalue weighted by Crippen LogP contribution is -1.94. The molecule has 2 aromatic heterocycles. The molecule has 0 amide bonds. The monoisotopic (exact) mass is 227 g/mol. The number of hydrogen-bond acceptors (Lipinski definition) is 3. The van der Waals surface area contributed by atoms with Gasteiger partial charge < -0.3 is 10.7 Å². The van der Waals surface area contributed by atoms with Crippen molar-refractivity contribution in [3.63, 3.8) is 0 Å². The van der Waals surface area contributed by atoms with E-state index in [1.54, 1.807) is 0 Å². The Morgan fingerprint density at radius 3 is 2.82 bits per heavy atom. The van der Waals surface area contributed by atoms with Crippen LogP contribution in [0, 0.1) is 6.92 Å². The van der Waals surface area contributed by atoms with Crippen LogP contribution in [0.5, 0.6) is 0 Å². The second-order valence-electron chi connectivity index (χ2n) is 4.16. The average molecular weight is 227 g/mol. The van der Waals surface area contributed by atoms with Crippen molar-refractivity contribution in [2.24, 2.45) is 7.05 Å². The van der Waals surface area contributed by atoms with Crippen LogP contribution in [0.1, 0.15) is 5.69 Å². The Bertz CT molecular complexity index is 692. The fourth-order valence-corrected chi connectivity index (χ4v) is 1.98. The van der Waals surface area contributed by atoms with Crippen LogP contribution >= 0.6 is 0 Å². The second kappa shape index (κ2) is 3.35. The van der Waals surface area contributed by atoms with Gasteiger partial charge in [-0.2, -0.15) is 5.10 Å². The largest absolute Gasteiger partial charge is 0.399 e. The van der Waals surface area contributed by atoms with Gasteiger partial charge in [0.05, 0.1) is 16.7 Å². The summed E-state index contributed by atoms with van der Waals surface area (Å²) in [5, 5.41) is 4.31. The van der Waals surface area contributed by atoms with Crippen molar-refractivity contribution in [1.29, 1.82) is 0 Å². The molecular formula is C12H13N5. The summed E-state index contributed by atoms with van der Waals surface area (Å²) in [6.45, 7) is 1.96. The molecular weight excluding hydrogens is 214 g/mol. The number of nitrogen functional groups attached to an aromatic ring is 1. The Hall–Kier alpha value is -2.30. The molecule has 3 rings (SSSR count). The Balaban J connectivity index is 2.21. The number of nitrogens with two attached hydrogens (primary N) is 1. The second-order valence-corrected chi connectivity index (χ2v) is 4.16. The van der Waals surface area contributed by atoms with E-state index in [-0.39, 0.29) is 0 Å². The Kier molecular flexibility index (Phi) is 1.95. The SMILES string of the molecule is Cc1cc(-c2nc3ccc(N)cc3[nH]2)n(C)n1. The standard InChI is InChI=1S/C12H13N5/c1-7-5-11(17(2)16-7)12-14-9-4-3-8(13)6-10(9)15-12/h3-6H,13H2,1-2H3,(H,14,15). The first kappa shape index (κ1) is 9.89. The number of H-pyrrole nitrogens is 1. The van der Waals surface area contributed by atoms with Crippen LogP contribution in [0.4, 0.5) is 5.69 Å². The molecule has 5 nitrogen and oxygen atoms in total. The highest BCUT2D eigenvalue weighted by atomic mass is 15.3. The van der Waals surface area contributed by atoms with Crippen molar-refractivity contribution >= 4 is 16.7 Å². The quantitative estimate of drug-likeness (QED) is 0.623. The van der Waals surface area contributed by atoms with Gasteiger partial charge in [-0.05, 0) is 31.2 Å². The van der Waals surface area contributed by atoms with E-state index < -0.39 is 0 Å². The number of nitrogens with zero attached hydrogens (tertiary/aromatic N) is 3. The van der Waals surface area contributed by atoms with Gasteiger partial charge in [-0.25, -0.2) is 4.98 Å². The van der Waals surface area contributed by atoms with Crippen molar-refractivity contribution in [2.45, 2.75) is 6.92 Å². The Labute approximate surface area is 98.3 Å². The Morgan fingerprint density at radius 1 is 1.29 bits per heavy atom. The summed E-state index contributed by atoms with van der Waals surface area (Å²) in [7, 11) is 1.91. The van der Waals surface area contributed by atoms with E-state index in [1.807, 2.05) is 42.9 Å². The van der Waals surface area contributed by atoms with E-state index in [0.717, 1.165) is 33.9 Å². The number of aromatic nitrogens is 4. The van der Waals surface area contributed by atoms with Crippen LogP contribution in [0.15, 0.2) is 24.3 Å². The van der Waals surface area contributed by atoms with Crippen molar-refractivity contribution in [1.82, 2.24) is 19.7 Å². The van der Waals surface area contributed by atoms with Crippen LogP contribution in [-0.2, 0) is 7.05 Å². The molecule has 0 radical (unpaired) electrons. The third-order valence-electron chi connectivity index (χ3n) is 2.75. The number of aromatic amines is 1. The highest BCUT2D eigenvalue weighted by Gasteiger charge is 2.10. The highest BCUT2D eigenvalue weighted by molar-refractivity contribution is 5.81. The molecule has 0 unspecified atom stereocenters. The molecule has 17 heavy (non-hydrogen) atoms. The minimum Gasteiger partial charge on any atom is -0.399 e. The minimum atomic E-state index is 0.730. The van der Waals surface area contributed by atoms with E-state index in [0.29, 0.717) is 0 Å². The minimum absolute atomic E-state index is 0.730. The molecule has 0 aliphatic rings. The third kappa shape index (κ3) is 1.56. The van der Waals surface area contributed by atoms with Gasteiger partial charge in [0.25, 0.3) is 0 Å². The normalized spacial score (nSPS) is 11.2. The number of imidazole rings is 1. The number of aryl methyl sites for hydroxylation is 2. The molecule has 0 aliphatic carbocycles. The number of benzene rings is 1. The maximum Gasteiger partial charge on any atom is 0.156 e. The first-order valence-corrected chi connectivity index (χ1v) is 5.40. The van der Waals surface area contributed by atoms with Crippen molar-refractivity contribution in [3.8, 4) is 11.5 Å². The van der Waals surface area contributed by atoms with Crippen LogP contribution in [-0.4, -0.2) is 19.7 Å². The molecule has 0 saturated heterocycles. The number of fused-ring (bicyclic) bond motifs is 1. The Morgan fingerprint density at radius 2 is 2.12 bits per heavy atom. The van der Waals surface area contributed by atoms with Crippen molar-refractivity contribution in [3.05, 3.63) is 30.0 Å². The van der Waals surface area contributed by atoms with Gasteiger partial charge in [0.2, 0.25) is 0 Å². The molecule has 0 spiro atoms. The van der Waals surface area contributed by atoms with Crippen molar-refractivity contribution < 1.29 is 0 Å². The zero-order valence-corrected chi connectivity index (χ0v) is 9.73. The lowest BCUT2D eigenvalue weighted by Gasteiger charge is -1.95. The molecule has 0 fully saturated rings. The predicted molar refractivity (Wildman–Crippen MR) is 67.4 cm³/mol. The topological polar surface area (TPSA) is 72.5 Å². The molecule has 3 aromatic rings. The number of hydrogen-bond donors (Lipinski definition) is 2. The summed E-state index contributed by atoms with van der Waals surface area (Å²) in [6.07, 6.45) is 0. The summed E-state index contributed by atoms with van der Waals surface area (Å²) >= 11 is 0. The number of anilines is 1. The lowest BCUT2D eigenvalue weighted by atomic mass is 10.3. The van der Waals surface area contributed by atoms with Crippen LogP contribution in [0.25, 0.3) is 22.6 Å². The van der Waals surface area contributed by atoms with Crippen molar-refractivity contribution in [2.75, 3.05) is 5.73 Å². The highest BCUT2D eigenvalue weighted by Crippen LogP contribution is 2.22. The summed E-state index contributed by atoms with van der Waals surface area (Å²) in [6, 6.07) is 7.64. The maximum absolute atomic E-state index is 5.74. The summed E-state index contributed by atoms with van der Waals surface area (Å²) < 4.78 is 1.82. The van der Waals surface area contributed by atoms with Gasteiger partial charge in [-0.1, -0.05) is 0 Å². The van der Waals surface area contributed by atoms with Gasteiger partial charge in [0.15, 0.2) is 5.82 Å². The molecule has 2 heterocycles. The summed E-state index contributed by atoms with van der Waals surface area (Å²) in [5.74, 6) is 0.814. The smallest absolute Gasteiger partial charge is 0.156 e. The molecule has 0 atom stereocenters. The van der Waals surface area contributed by atoms with E-state index >= 15 is 0 Å². The number of nitrogens with one attached hydrogen (secondary N) is 1. The lowest BCUT2D eigenvalue weighted by molar-refractivity contribution is 0.760. The zero-order valence-electron chi connectivity index (χ0n) is 9.73. The van der Waals surface area contributed by atoms with E-state index in [1.165, 1.54) is 0 Å². The maximum atomic E-state index is 5.74. The van der Waals surface area contributed by atoms with E-state index in [9.17, 15) is 0 Å². The molecule has 0 bridgehead atoms. The van der Waals surface area contributed by atoms with Crippen LogP contribution < -0.4 is 5.73 Å². The van der Waals surface area contributed by atoms with Gasteiger partial charge in [0.1, 0.15) is 5.69 Å². The molecule has 0 aliphatic heterocycles. The van der Waals surface area contributed by atoms with Crippen LogP contribution in [0.2, 0.25) is 0 Å². The molecule has 1 aromatic carbocycles. The summed E-state index contributed by atoms with van der Waals surface area (Å²) in [5.41, 5.74) is 10.3. The molecule has 86 valence electrons. The molecule has 3 N–H and O–H groups in total. The molecule has 0 saturated carbocycles. The predicted octanol–water partition coefficient (Wildman–Crippen LogP) is 1.85. The van der Waals surface area contributed by atoms with Gasteiger partial charge in [0, 0.05) is 12.7 Å². The molecule has 5 heteroatoms. The van der Waals surface area contributed by atoms with E-state index in [2.05, 4.69) is 15.1 Å². The first-order valence-electron chi connectivity index (χ1n) is 5.40. The zero-order chi connectivity index (χ0) is 12.0. The first-order chi connectivity index (χ1) is 8.13.